The molecular formula is C33H46BNO6. The van der Waals surface area contributed by atoms with Gasteiger partial charge in [-0.25, -0.2) is 0 Å². The Morgan fingerprint density at radius 2 is 2.00 bits per heavy atom. The number of ketones is 1. The van der Waals surface area contributed by atoms with Crippen LogP contribution >= 0.6 is 0 Å². The molecule has 3 N–H and O–H groups in total. The fraction of sp³-hybridized carbons (Fsp3) is 0.697. The Morgan fingerprint density at radius 1 is 1.27 bits per heavy atom. The Kier molecular flexibility index (Phi) is 6.74. The average molecular weight is 564 g/mol. The first-order valence-corrected chi connectivity index (χ1v) is 15.4. The highest BCUT2D eigenvalue weighted by Gasteiger charge is 2.79. The van der Waals surface area contributed by atoms with E-state index in [0.29, 0.717) is 37.0 Å². The summed E-state index contributed by atoms with van der Waals surface area (Å²) in [5, 5.41) is 25.3. The van der Waals surface area contributed by atoms with Crippen molar-refractivity contribution in [3.05, 3.63) is 42.0 Å². The molecule has 0 aromatic heterocycles. The lowest BCUT2D eigenvalue weighted by Crippen LogP contribution is -2.78. The number of aliphatic hydroxyl groups excluding tert-OH is 1. The zero-order valence-electron chi connectivity index (χ0n) is 25.4. The second kappa shape index (κ2) is 9.50. The van der Waals surface area contributed by atoms with Gasteiger partial charge < -0.3 is 24.8 Å². The lowest BCUT2D eigenvalue weighted by Gasteiger charge is -2.78. The van der Waals surface area contributed by atoms with Gasteiger partial charge in [0.1, 0.15) is 11.9 Å². The molecule has 1 aromatic carbocycles. The monoisotopic (exact) mass is 563 g/mol. The van der Waals surface area contributed by atoms with Gasteiger partial charge in [0.15, 0.2) is 0 Å². The maximum atomic E-state index is 13.4. The van der Waals surface area contributed by atoms with E-state index < -0.39 is 30.3 Å². The van der Waals surface area contributed by atoms with Crippen molar-refractivity contribution in [1.82, 2.24) is 5.32 Å². The van der Waals surface area contributed by atoms with Gasteiger partial charge in [0.25, 0.3) is 0 Å². The van der Waals surface area contributed by atoms with Crippen molar-refractivity contribution in [3.8, 4) is 0 Å². The zero-order valence-corrected chi connectivity index (χ0v) is 25.4. The summed E-state index contributed by atoms with van der Waals surface area (Å²) in [6.07, 6.45) is 3.59. The van der Waals surface area contributed by atoms with Crippen LogP contribution in [0.2, 0.25) is 0 Å². The average Bonchev–Trinajstić information content (AvgIpc) is 3.15. The van der Waals surface area contributed by atoms with Crippen molar-refractivity contribution >= 4 is 24.3 Å². The number of ether oxygens (including phenoxy) is 1. The molecule has 0 amide bonds. The molecule has 10 atom stereocenters. The molecule has 0 radical (unpaired) electrons. The van der Waals surface area contributed by atoms with Crippen LogP contribution in [0.5, 0.6) is 0 Å². The summed E-state index contributed by atoms with van der Waals surface area (Å²) in [6.45, 7) is 17.2. The van der Waals surface area contributed by atoms with Gasteiger partial charge in [-0.3, -0.25) is 9.59 Å². The number of esters is 1. The van der Waals surface area contributed by atoms with E-state index in [0.717, 1.165) is 29.4 Å². The second-order valence-corrected chi connectivity index (χ2v) is 14.8. The van der Waals surface area contributed by atoms with Gasteiger partial charge in [0.05, 0.1) is 18.2 Å². The van der Waals surface area contributed by atoms with Gasteiger partial charge in [0, 0.05) is 29.7 Å². The fourth-order valence-electron chi connectivity index (χ4n) is 10.3. The highest BCUT2D eigenvalue weighted by atomic mass is 16.5. The van der Waals surface area contributed by atoms with Crippen LogP contribution < -0.4 is 10.8 Å². The van der Waals surface area contributed by atoms with Crippen LogP contribution in [-0.4, -0.2) is 47.8 Å². The fourth-order valence-corrected chi connectivity index (χ4v) is 10.3. The standard InChI is InChI=1S/C33H46BNO6/c1-8-31(6)15-25(40-26(37)17-35-16-20-9-10-21-23(14-20)34(39)41-30(21,4)5)32(7)18(2)13-22-27-24(36)11-12-33(22,28(27)32)19(3)29(31)38/h8-10,14,18-19,22,25,27-29,35,38-39H,1,11-13,15-17H2,2-7H3/t18-,19+,22+,25-,27?,28+,29+,31-,32+,33+/m1/s1. The van der Waals surface area contributed by atoms with E-state index in [1.54, 1.807) is 0 Å². The Labute approximate surface area is 244 Å². The van der Waals surface area contributed by atoms with Crippen molar-refractivity contribution in [2.75, 3.05) is 6.54 Å². The lowest BCUT2D eigenvalue weighted by molar-refractivity contribution is -0.321. The number of rotatable bonds is 6. The van der Waals surface area contributed by atoms with Crippen LogP contribution in [0.15, 0.2) is 30.9 Å². The first-order chi connectivity index (χ1) is 19.2. The maximum absolute atomic E-state index is 13.4. The van der Waals surface area contributed by atoms with Crippen molar-refractivity contribution in [2.45, 2.75) is 91.6 Å². The molecule has 5 bridgehead atoms. The van der Waals surface area contributed by atoms with Gasteiger partial charge in [-0.05, 0) is 78.8 Å². The molecule has 0 saturated heterocycles. The number of hydrogen-bond donors (Lipinski definition) is 3. The Hall–Kier alpha value is -2.00. The molecule has 1 unspecified atom stereocenters. The Balaban J connectivity index is 1.22. The summed E-state index contributed by atoms with van der Waals surface area (Å²) in [6, 6.07) is 5.89. The predicted octanol–water partition coefficient (Wildman–Crippen LogP) is 3.49. The molecule has 222 valence electrons. The van der Waals surface area contributed by atoms with Crippen LogP contribution in [0.4, 0.5) is 0 Å². The van der Waals surface area contributed by atoms with Crippen molar-refractivity contribution < 1.29 is 29.1 Å². The number of fused-ring (bicyclic) bond motifs is 2. The number of carbonyl (C=O) groups excluding carboxylic acids is 2. The SMILES string of the molecule is C=C[C@]1(C)C[C@@H](OC(=O)CNCc2ccc3c(c2)B(O)OC3(C)C)[C@]2(C)[C@H](C)C[C@H]3C4C(=O)CC[C@@]3([C@@H](C)[C@@H]1O)[C@@H]42. The molecule has 8 heteroatoms. The van der Waals surface area contributed by atoms with Gasteiger partial charge in [-0.15, -0.1) is 6.58 Å². The van der Waals surface area contributed by atoms with Crippen LogP contribution in [0.1, 0.15) is 78.4 Å². The third kappa shape index (κ3) is 3.93. The molecule has 1 spiro atoms. The quantitative estimate of drug-likeness (QED) is 0.277. The zero-order chi connectivity index (χ0) is 29.7. The molecule has 5 aliphatic carbocycles. The maximum Gasteiger partial charge on any atom is 0.492 e. The number of benzene rings is 1. The lowest BCUT2D eigenvalue weighted by atomic mass is 9.25. The van der Waals surface area contributed by atoms with E-state index in [1.165, 1.54) is 0 Å². The Morgan fingerprint density at radius 3 is 2.71 bits per heavy atom. The number of aliphatic hydroxyl groups is 1. The molecule has 5 fully saturated rings. The van der Waals surface area contributed by atoms with E-state index in [1.807, 2.05) is 45.0 Å². The normalized spacial score (nSPS) is 43.9. The van der Waals surface area contributed by atoms with Crippen LogP contribution in [-0.2, 0) is 31.1 Å². The summed E-state index contributed by atoms with van der Waals surface area (Å²) < 4.78 is 12.1. The summed E-state index contributed by atoms with van der Waals surface area (Å²) in [7, 11) is -0.958. The molecule has 5 saturated carbocycles. The van der Waals surface area contributed by atoms with Crippen LogP contribution in [0, 0.1) is 45.8 Å². The number of hydrogen-bond acceptors (Lipinski definition) is 7. The molecule has 41 heavy (non-hydrogen) atoms. The highest BCUT2D eigenvalue weighted by molar-refractivity contribution is 6.62. The molecule has 1 aliphatic heterocycles. The largest absolute Gasteiger partial charge is 0.492 e. The number of nitrogens with one attached hydrogen (secondary N) is 1. The number of Topliss-reactive ketones (excluding diaryl/α,β-unsaturated/α-hetero) is 1. The van der Waals surface area contributed by atoms with Crippen molar-refractivity contribution in [2.24, 2.45) is 45.8 Å². The van der Waals surface area contributed by atoms with E-state index in [2.05, 4.69) is 32.7 Å². The topological polar surface area (TPSA) is 105 Å². The van der Waals surface area contributed by atoms with Crippen molar-refractivity contribution in [3.63, 3.8) is 0 Å². The molecule has 7 rings (SSSR count). The summed E-state index contributed by atoms with van der Waals surface area (Å²) in [5.41, 5.74) is 1.04. The van der Waals surface area contributed by atoms with Crippen LogP contribution in [0.25, 0.3) is 0 Å². The van der Waals surface area contributed by atoms with Crippen LogP contribution in [0.3, 0.4) is 0 Å². The van der Waals surface area contributed by atoms with Gasteiger partial charge >= 0.3 is 13.1 Å². The van der Waals surface area contributed by atoms with E-state index >= 15 is 0 Å². The summed E-state index contributed by atoms with van der Waals surface area (Å²) in [4.78, 5) is 26.6. The molecular weight excluding hydrogens is 517 g/mol. The van der Waals surface area contributed by atoms with Gasteiger partial charge in [-0.2, -0.15) is 0 Å². The molecule has 1 heterocycles. The predicted molar refractivity (Wildman–Crippen MR) is 157 cm³/mol. The molecule has 7 nitrogen and oxygen atoms in total. The third-order valence-electron chi connectivity index (χ3n) is 12.7. The van der Waals surface area contributed by atoms with E-state index in [-0.39, 0.29) is 41.1 Å². The van der Waals surface area contributed by atoms with Crippen molar-refractivity contribution in [1.29, 1.82) is 0 Å². The first-order valence-electron chi connectivity index (χ1n) is 15.4. The minimum atomic E-state index is -0.958. The number of carbonyl (C=O) groups is 2. The Bertz CT molecular complexity index is 1280. The third-order valence-corrected chi connectivity index (χ3v) is 12.7. The van der Waals surface area contributed by atoms with Gasteiger partial charge in [0.2, 0.25) is 0 Å². The molecule has 6 aliphatic rings. The van der Waals surface area contributed by atoms with E-state index in [4.69, 9.17) is 9.39 Å². The highest BCUT2D eigenvalue weighted by Crippen LogP contribution is 2.79. The molecule has 1 aromatic rings. The second-order valence-electron chi connectivity index (χ2n) is 14.8. The van der Waals surface area contributed by atoms with E-state index in [9.17, 15) is 19.7 Å². The summed E-state index contributed by atoms with van der Waals surface area (Å²) >= 11 is 0. The van der Waals surface area contributed by atoms with Gasteiger partial charge in [-0.1, -0.05) is 52.0 Å². The first kappa shape index (κ1) is 29.1. The minimum absolute atomic E-state index is 0.0103. The smallest absolute Gasteiger partial charge is 0.461 e. The summed E-state index contributed by atoms with van der Waals surface area (Å²) in [5.74, 6) is 0.768. The minimum Gasteiger partial charge on any atom is -0.461 e.